The molecule has 0 atom stereocenters. The topological polar surface area (TPSA) is 20.8 Å². The Balaban J connectivity index is 0.992. The molecule has 492 valence electrons. The molecule has 15 aromatic carbocycles. The number of aromatic nitrogens is 3. The Morgan fingerprint density at radius 2 is 0.712 bits per heavy atom. The summed E-state index contributed by atoms with van der Waals surface area (Å²) in [6.07, 6.45) is 0. The molecule has 104 heavy (non-hydrogen) atoms. The van der Waals surface area contributed by atoms with Crippen LogP contribution < -0.4 is 26.2 Å². The molecule has 4 aromatic heterocycles. The third-order valence-electron chi connectivity index (χ3n) is 21.8. The minimum Gasteiger partial charge on any atom is -0.311 e. The van der Waals surface area contributed by atoms with Crippen molar-refractivity contribution in [2.24, 2.45) is 0 Å². The summed E-state index contributed by atoms with van der Waals surface area (Å²) in [5.74, 6) is 0. The van der Waals surface area contributed by atoms with Crippen LogP contribution in [0.2, 0.25) is 0 Å². The van der Waals surface area contributed by atoms with Gasteiger partial charge in [0.25, 0.3) is 6.71 Å². The zero-order valence-electron chi connectivity index (χ0n) is 73.8. The zero-order chi connectivity index (χ0) is 83.4. The average Bonchev–Trinajstić information content (AvgIpc) is 1.51. The predicted octanol–water partition coefficient (Wildman–Crippen LogP) is 24.5. The number of nitrogens with zero attached hydrogens (tertiary/aromatic N) is 5. The van der Waals surface area contributed by atoms with E-state index < -0.39 is 103 Å². The van der Waals surface area contributed by atoms with Crippen molar-refractivity contribution in [1.82, 2.24) is 13.5 Å². The highest BCUT2D eigenvalue weighted by atomic mass is 15.2. The minimum atomic E-state index is -0.704. The van der Waals surface area contributed by atoms with Gasteiger partial charge >= 0.3 is 0 Å². The highest BCUT2D eigenvalue weighted by molar-refractivity contribution is 7.00. The molecule has 0 fully saturated rings. The first-order chi connectivity index (χ1) is 57.5. The molecule has 0 aliphatic carbocycles. The van der Waals surface area contributed by atoms with Crippen LogP contribution >= 0.6 is 0 Å². The summed E-state index contributed by atoms with van der Waals surface area (Å²) in [6.45, 7) is 12.7. The Kier molecular flexibility index (Phi) is 9.92. The van der Waals surface area contributed by atoms with Crippen LogP contribution in [-0.2, 0) is 10.8 Å². The molecule has 21 rings (SSSR count). The quantitative estimate of drug-likeness (QED) is 0.155. The van der Waals surface area contributed by atoms with Crippen molar-refractivity contribution >= 4 is 160 Å². The van der Waals surface area contributed by atoms with Crippen molar-refractivity contribution in [3.8, 4) is 33.6 Å². The van der Waals surface area contributed by atoms with E-state index in [9.17, 15) is 19.2 Å². The summed E-state index contributed by atoms with van der Waals surface area (Å²) < 4.78 is 160. The summed E-state index contributed by atoms with van der Waals surface area (Å²) >= 11 is 0. The van der Waals surface area contributed by atoms with Crippen molar-refractivity contribution in [2.75, 3.05) is 9.80 Å². The SMILES string of the molecule is [2H]c1c([2H])c([2H])c2c(c1[2H])c1ccccc1n1c3cc4c5c(c3c3cccc(c6c([2H])c([2H])c([2H])c([2H])c62)c31)N(c1ccc(-c2ccccc2)cc1)c1cc(-n2c3c([2H])c([2H])c([2H])c([2H])c3c3c([2H])c([2H])c([2H])c([2H])c32)ccc1B5c1ccc(-n2c3ccc(C(C)(C)C)cc3c3cc(C(C)(C)C)ccc32)cc1N4c1ccc(-c2ccccc2)cc1. The third-order valence-corrected chi connectivity index (χ3v) is 21.8. The van der Waals surface area contributed by atoms with E-state index in [4.69, 9.17) is 2.74 Å². The third kappa shape index (κ3) is 8.88. The molecule has 0 N–H and O–H groups in total. The van der Waals surface area contributed by atoms with Crippen molar-refractivity contribution in [3.63, 3.8) is 0 Å². The van der Waals surface area contributed by atoms with Gasteiger partial charge in [-0.1, -0.05) is 272 Å². The van der Waals surface area contributed by atoms with Gasteiger partial charge in [-0.3, -0.25) is 0 Å². The molecule has 6 heterocycles. The molecular formula is C98H72BN5. The fraction of sp³-hybridized carbons (Fsp3) is 0.0816. The van der Waals surface area contributed by atoms with Gasteiger partial charge in [0.1, 0.15) is 0 Å². The van der Waals surface area contributed by atoms with E-state index in [1.165, 1.54) is 11.1 Å². The molecular weight excluding hydrogens is 1260 g/mol. The maximum atomic E-state index is 10.2. The van der Waals surface area contributed by atoms with Crippen molar-refractivity contribution in [3.05, 3.63) is 338 Å². The molecule has 0 spiro atoms. The first-order valence-electron chi connectivity index (χ1n) is 43.3. The van der Waals surface area contributed by atoms with E-state index in [1.54, 1.807) is 16.7 Å². The van der Waals surface area contributed by atoms with Crippen molar-refractivity contribution in [2.45, 2.75) is 52.4 Å². The first-order valence-corrected chi connectivity index (χ1v) is 35.3. The van der Waals surface area contributed by atoms with E-state index in [2.05, 4.69) is 182 Å². The highest BCUT2D eigenvalue weighted by Gasteiger charge is 2.46. The average molecular weight is 1350 g/mol. The smallest absolute Gasteiger partial charge is 0.252 e. The second-order valence-electron chi connectivity index (χ2n) is 29.6. The molecule has 0 radical (unpaired) electrons. The van der Waals surface area contributed by atoms with Gasteiger partial charge < -0.3 is 23.3 Å². The first kappa shape index (κ1) is 46.0. The number of hydrogen-bond acceptors (Lipinski definition) is 2. The van der Waals surface area contributed by atoms with E-state index in [1.807, 2.05) is 97.1 Å². The number of rotatable bonds is 6. The van der Waals surface area contributed by atoms with Gasteiger partial charge in [-0.25, -0.2) is 0 Å². The lowest BCUT2D eigenvalue weighted by molar-refractivity contribution is 0.590. The Labute approximate surface area is 627 Å². The van der Waals surface area contributed by atoms with Gasteiger partial charge in [-0.05, 0) is 179 Å². The van der Waals surface area contributed by atoms with Crippen molar-refractivity contribution in [1.29, 1.82) is 0 Å². The Morgan fingerprint density at radius 1 is 0.288 bits per heavy atom. The zero-order valence-corrected chi connectivity index (χ0v) is 57.8. The number of benzene rings is 15. The lowest BCUT2D eigenvalue weighted by atomic mass is 9.33. The maximum absolute atomic E-state index is 10.2. The van der Waals surface area contributed by atoms with Crippen LogP contribution in [0, 0.1) is 0 Å². The molecule has 0 bridgehead atoms. The normalized spacial score (nSPS) is 15.2. The highest BCUT2D eigenvalue weighted by Crippen LogP contribution is 2.53. The van der Waals surface area contributed by atoms with Crippen LogP contribution in [0.25, 0.3) is 137 Å². The lowest BCUT2D eigenvalue weighted by Gasteiger charge is -2.44. The maximum Gasteiger partial charge on any atom is 0.252 e. The molecule has 5 nitrogen and oxygen atoms in total. The largest absolute Gasteiger partial charge is 0.311 e. The molecule has 19 aromatic rings. The molecule has 2 aliphatic heterocycles. The van der Waals surface area contributed by atoms with Crippen LogP contribution in [0.5, 0.6) is 0 Å². The fourth-order valence-corrected chi connectivity index (χ4v) is 16.9. The standard InChI is InChI=1S/C98H72BN5/c1-97(2,3)65-44-54-87-80(56-65)81-57-66(98(4,5)6)45-55-88(81)102(87)69-50-52-82-89(58-69)100(67-46-40-63(41-47-67)61-24-9-7-10-25-61)92-60-91-93(79-36-23-35-78-74-31-16-14-29-72(74)71-28-13-15-30-73(71)75-32-17-22-39-86(75)104(91)95(78)79)96-94(92)99(82)83-53-51-70(101-84-37-20-18-33-76(84)77-34-19-21-38-85(77)101)59-90(83)103(96)68-48-42-64(43-49-68)62-26-11-8-12-27-62/h7-60H,1-6H3/i13D,14D,15D,16D,18D,19D,20D,21D,28D,29D,30D,31D,33D,34D,37D,38D. The second-order valence-corrected chi connectivity index (χ2v) is 29.6. The van der Waals surface area contributed by atoms with Gasteiger partial charge in [-0.2, -0.15) is 0 Å². The summed E-state index contributed by atoms with van der Waals surface area (Å²) in [6, 6.07) is 70.4. The fourth-order valence-electron chi connectivity index (χ4n) is 16.9. The van der Waals surface area contributed by atoms with Gasteiger partial charge in [-0.15, -0.1) is 0 Å². The van der Waals surface area contributed by atoms with Gasteiger partial charge in [0.15, 0.2) is 0 Å². The van der Waals surface area contributed by atoms with Gasteiger partial charge in [0.2, 0.25) is 0 Å². The number of fused-ring (bicyclic) bond motifs is 21. The van der Waals surface area contributed by atoms with Gasteiger partial charge in [0, 0.05) is 82.9 Å². The Bertz CT molecular complexity index is 7740. The molecule has 0 amide bonds. The van der Waals surface area contributed by atoms with Crippen LogP contribution in [0.15, 0.2) is 327 Å². The molecule has 0 saturated carbocycles. The van der Waals surface area contributed by atoms with Crippen molar-refractivity contribution < 1.29 is 21.9 Å². The van der Waals surface area contributed by atoms with E-state index in [-0.39, 0.29) is 54.2 Å². The second kappa shape index (κ2) is 22.4. The Morgan fingerprint density at radius 3 is 1.25 bits per heavy atom. The summed E-state index contributed by atoms with van der Waals surface area (Å²) in [5.41, 5.74) is 17.2. The number of para-hydroxylation sites is 4. The summed E-state index contributed by atoms with van der Waals surface area (Å²) in [4.78, 5) is 4.56. The molecule has 2 aliphatic rings. The number of hydrogen-bond donors (Lipinski definition) is 0. The summed E-state index contributed by atoms with van der Waals surface area (Å²) in [7, 11) is 0. The van der Waals surface area contributed by atoms with E-state index in [0.717, 1.165) is 83.2 Å². The Hall–Kier alpha value is -12.6. The monoisotopic (exact) mass is 1350 g/mol. The van der Waals surface area contributed by atoms with Crippen LogP contribution in [-0.4, -0.2) is 20.2 Å². The van der Waals surface area contributed by atoms with Gasteiger partial charge in [0.05, 0.1) is 66.2 Å². The van der Waals surface area contributed by atoms with Crippen LogP contribution in [0.1, 0.15) is 74.6 Å². The molecule has 0 unspecified atom stereocenters. The van der Waals surface area contributed by atoms with Crippen LogP contribution in [0.3, 0.4) is 0 Å². The molecule has 0 saturated heterocycles. The van der Waals surface area contributed by atoms with E-state index >= 15 is 0 Å². The minimum absolute atomic E-state index is 0.0193. The molecule has 6 heteroatoms. The lowest BCUT2D eigenvalue weighted by Crippen LogP contribution is -2.61. The predicted molar refractivity (Wildman–Crippen MR) is 445 cm³/mol. The van der Waals surface area contributed by atoms with E-state index in [0.29, 0.717) is 60.8 Å². The van der Waals surface area contributed by atoms with Crippen LogP contribution in [0.4, 0.5) is 34.1 Å². The summed E-state index contributed by atoms with van der Waals surface area (Å²) in [5, 5.41) is 3.89. The number of anilines is 6.